The Morgan fingerprint density at radius 2 is 1.64 bits per heavy atom. The minimum absolute atomic E-state index is 0.0337. The van der Waals surface area contributed by atoms with Gasteiger partial charge in [0.15, 0.2) is 0 Å². The number of carbonyl (C=O) groups is 2. The Morgan fingerprint density at radius 1 is 0.897 bits per heavy atom. The van der Waals surface area contributed by atoms with Crippen LogP contribution >= 0.6 is 0 Å². The second-order valence-electron chi connectivity index (χ2n) is 9.72. The Labute approximate surface area is 227 Å². The van der Waals surface area contributed by atoms with E-state index in [0.717, 1.165) is 35.5 Å². The lowest BCUT2D eigenvalue weighted by atomic mass is 9.96. The molecule has 2 aliphatic rings. The third kappa shape index (κ3) is 4.58. The van der Waals surface area contributed by atoms with Gasteiger partial charge in [0.1, 0.15) is 24.1 Å². The summed E-state index contributed by atoms with van der Waals surface area (Å²) in [5.74, 6) is 1.13. The highest BCUT2D eigenvalue weighted by molar-refractivity contribution is 6.01. The van der Waals surface area contributed by atoms with Crippen molar-refractivity contribution in [1.29, 1.82) is 0 Å². The molecule has 3 aromatic carbocycles. The summed E-state index contributed by atoms with van der Waals surface area (Å²) in [4.78, 5) is 31.2. The van der Waals surface area contributed by atoms with Crippen LogP contribution in [0, 0.1) is 0 Å². The van der Waals surface area contributed by atoms with E-state index < -0.39 is 6.04 Å². The average molecular weight is 523 g/mol. The van der Waals surface area contributed by atoms with Gasteiger partial charge < -0.3 is 24.3 Å². The van der Waals surface area contributed by atoms with Gasteiger partial charge in [-0.05, 0) is 67.4 Å². The predicted octanol–water partition coefficient (Wildman–Crippen LogP) is 5.63. The maximum atomic E-state index is 14.4. The Hall–Kier alpha value is -4.72. The van der Waals surface area contributed by atoms with E-state index in [1.807, 2.05) is 91.1 Å². The van der Waals surface area contributed by atoms with E-state index >= 15 is 0 Å². The second-order valence-corrected chi connectivity index (χ2v) is 9.72. The van der Waals surface area contributed by atoms with Crippen molar-refractivity contribution < 1.29 is 19.1 Å². The highest BCUT2D eigenvalue weighted by Gasteiger charge is 2.41. The maximum Gasteiger partial charge on any atom is 0.322 e. The van der Waals surface area contributed by atoms with Crippen molar-refractivity contribution in [3.63, 3.8) is 0 Å². The SMILES string of the molecule is COc1ccc(OC)c(C2c3cccn3-c3ccccc3N2C(=O)CN(C(=O)Nc2ccccc2)C2CC2)c1. The number of carbonyl (C=O) groups excluding carboxylic acids is 2. The highest BCUT2D eigenvalue weighted by atomic mass is 16.5. The largest absolute Gasteiger partial charge is 0.497 e. The van der Waals surface area contributed by atoms with Gasteiger partial charge in [0.25, 0.3) is 0 Å². The normalized spacial score (nSPS) is 15.6. The standard InChI is InChI=1S/C31H30N4O4/c1-38-23-16-17-28(39-2)24(19-23)30-27-13-8-18-33(27)25-11-6-7-12-26(25)35(30)29(36)20-34(22-14-15-22)31(37)32-21-9-4-3-5-10-21/h3-13,16-19,22,30H,14-15,20H2,1-2H3,(H,32,37). The first kappa shape index (κ1) is 24.6. The van der Waals surface area contributed by atoms with E-state index in [2.05, 4.69) is 9.88 Å². The first-order valence-corrected chi connectivity index (χ1v) is 13.0. The van der Waals surface area contributed by atoms with Gasteiger partial charge in [0, 0.05) is 23.5 Å². The fourth-order valence-corrected chi connectivity index (χ4v) is 5.30. The summed E-state index contributed by atoms with van der Waals surface area (Å²) in [5.41, 5.74) is 4.07. The molecule has 198 valence electrons. The molecule has 8 heteroatoms. The number of ether oxygens (including phenoxy) is 2. The third-order valence-electron chi connectivity index (χ3n) is 7.30. The van der Waals surface area contributed by atoms with E-state index in [1.165, 1.54) is 0 Å². The van der Waals surface area contributed by atoms with Gasteiger partial charge in [-0.25, -0.2) is 4.79 Å². The summed E-state index contributed by atoms with van der Waals surface area (Å²) in [6.07, 6.45) is 3.75. The van der Waals surface area contributed by atoms with Crippen LogP contribution < -0.4 is 19.7 Å². The molecule has 4 aromatic rings. The number of anilines is 2. The van der Waals surface area contributed by atoms with Gasteiger partial charge in [0.05, 0.1) is 31.3 Å². The molecule has 1 aromatic heterocycles. The lowest BCUT2D eigenvalue weighted by molar-refractivity contribution is -0.119. The van der Waals surface area contributed by atoms with Crippen molar-refractivity contribution in [3.8, 4) is 17.2 Å². The lowest BCUT2D eigenvalue weighted by Gasteiger charge is -2.40. The second kappa shape index (κ2) is 10.2. The van der Waals surface area contributed by atoms with Crippen LogP contribution in [-0.2, 0) is 4.79 Å². The topological polar surface area (TPSA) is 76.0 Å². The number of hydrogen-bond acceptors (Lipinski definition) is 4. The van der Waals surface area contributed by atoms with Crippen LogP contribution in [0.25, 0.3) is 5.69 Å². The number of methoxy groups -OCH3 is 2. The van der Waals surface area contributed by atoms with Crippen molar-refractivity contribution in [2.45, 2.75) is 24.9 Å². The zero-order valence-electron chi connectivity index (χ0n) is 21.9. The number of para-hydroxylation sites is 3. The number of aromatic nitrogens is 1. The average Bonchev–Trinajstić information content (AvgIpc) is 3.70. The zero-order chi connectivity index (χ0) is 26.9. The van der Waals surface area contributed by atoms with Crippen LogP contribution in [0.3, 0.4) is 0 Å². The predicted molar refractivity (Wildman–Crippen MR) is 150 cm³/mol. The quantitative estimate of drug-likeness (QED) is 0.342. The Bertz CT molecular complexity index is 1510. The number of nitrogens with zero attached hydrogens (tertiary/aromatic N) is 3. The van der Waals surface area contributed by atoms with Crippen LogP contribution in [0.15, 0.2) is 91.1 Å². The van der Waals surface area contributed by atoms with Gasteiger partial charge in [-0.3, -0.25) is 9.69 Å². The minimum Gasteiger partial charge on any atom is -0.497 e. The van der Waals surface area contributed by atoms with Crippen LogP contribution in [-0.4, -0.2) is 48.2 Å². The van der Waals surface area contributed by atoms with Crippen LogP contribution in [0.1, 0.15) is 30.1 Å². The Morgan fingerprint density at radius 3 is 2.36 bits per heavy atom. The summed E-state index contributed by atoms with van der Waals surface area (Å²) in [6, 6.07) is 26.0. The number of hydrogen-bond donors (Lipinski definition) is 1. The van der Waals surface area contributed by atoms with Gasteiger partial charge in [-0.2, -0.15) is 0 Å². The minimum atomic E-state index is -0.495. The molecule has 1 aliphatic carbocycles. The molecule has 2 heterocycles. The number of nitrogens with one attached hydrogen (secondary N) is 1. The molecule has 1 unspecified atom stereocenters. The molecule has 0 radical (unpaired) electrons. The van der Waals surface area contributed by atoms with Crippen LogP contribution in [0.4, 0.5) is 16.2 Å². The van der Waals surface area contributed by atoms with Gasteiger partial charge in [0.2, 0.25) is 5.91 Å². The molecule has 6 rings (SSSR count). The molecule has 0 spiro atoms. The van der Waals surface area contributed by atoms with Crippen molar-refractivity contribution in [3.05, 3.63) is 102 Å². The number of amides is 3. The number of fused-ring (bicyclic) bond motifs is 3. The molecule has 0 bridgehead atoms. The van der Waals surface area contributed by atoms with E-state index in [4.69, 9.17) is 9.47 Å². The lowest BCUT2D eigenvalue weighted by Crippen LogP contribution is -2.48. The molecule has 1 fully saturated rings. The molecule has 1 aliphatic heterocycles. The summed E-state index contributed by atoms with van der Waals surface area (Å²) in [7, 11) is 3.24. The fraction of sp³-hybridized carbons (Fsp3) is 0.226. The molecule has 0 saturated heterocycles. The number of urea groups is 1. The smallest absolute Gasteiger partial charge is 0.322 e. The van der Waals surface area contributed by atoms with Crippen LogP contribution in [0.2, 0.25) is 0 Å². The molecular weight excluding hydrogens is 492 g/mol. The first-order chi connectivity index (χ1) is 19.1. The van der Waals surface area contributed by atoms with Crippen molar-refractivity contribution in [2.24, 2.45) is 0 Å². The van der Waals surface area contributed by atoms with E-state index in [1.54, 1.807) is 24.0 Å². The number of rotatable bonds is 7. The monoisotopic (exact) mass is 522 g/mol. The summed E-state index contributed by atoms with van der Waals surface area (Å²) in [5, 5.41) is 2.95. The Kier molecular flexibility index (Phi) is 6.44. The highest BCUT2D eigenvalue weighted by Crippen LogP contribution is 2.45. The summed E-state index contributed by atoms with van der Waals surface area (Å²) in [6.45, 7) is -0.0544. The van der Waals surface area contributed by atoms with Crippen molar-refractivity contribution in [2.75, 3.05) is 31.0 Å². The summed E-state index contributed by atoms with van der Waals surface area (Å²) < 4.78 is 13.4. The molecule has 1 atom stereocenters. The third-order valence-corrected chi connectivity index (χ3v) is 7.30. The van der Waals surface area contributed by atoms with E-state index in [0.29, 0.717) is 17.2 Å². The van der Waals surface area contributed by atoms with Gasteiger partial charge >= 0.3 is 6.03 Å². The van der Waals surface area contributed by atoms with E-state index in [-0.39, 0.29) is 24.5 Å². The van der Waals surface area contributed by atoms with Crippen LogP contribution in [0.5, 0.6) is 11.5 Å². The van der Waals surface area contributed by atoms with Crippen molar-refractivity contribution >= 4 is 23.3 Å². The maximum absolute atomic E-state index is 14.4. The number of benzene rings is 3. The Balaban J connectivity index is 1.41. The molecular formula is C31H30N4O4. The zero-order valence-corrected chi connectivity index (χ0v) is 21.9. The molecule has 1 saturated carbocycles. The summed E-state index contributed by atoms with van der Waals surface area (Å²) >= 11 is 0. The van der Waals surface area contributed by atoms with Gasteiger partial charge in [-0.15, -0.1) is 0 Å². The molecule has 39 heavy (non-hydrogen) atoms. The fourth-order valence-electron chi connectivity index (χ4n) is 5.30. The first-order valence-electron chi connectivity index (χ1n) is 13.0. The van der Waals surface area contributed by atoms with Gasteiger partial charge in [-0.1, -0.05) is 30.3 Å². The van der Waals surface area contributed by atoms with Crippen molar-refractivity contribution in [1.82, 2.24) is 9.47 Å². The molecule has 3 amide bonds. The van der Waals surface area contributed by atoms with E-state index in [9.17, 15) is 9.59 Å². The molecule has 1 N–H and O–H groups in total. The molecule has 8 nitrogen and oxygen atoms in total.